The van der Waals surface area contributed by atoms with Crippen LogP contribution in [0.3, 0.4) is 0 Å². The molecule has 0 amide bonds. The maximum absolute atomic E-state index is 6.27. The van der Waals surface area contributed by atoms with Gasteiger partial charge < -0.3 is 10.6 Å². The molecule has 2 atom stereocenters. The van der Waals surface area contributed by atoms with Crippen LogP contribution in [0, 0.1) is 0 Å². The zero-order chi connectivity index (χ0) is 13.7. The summed E-state index contributed by atoms with van der Waals surface area (Å²) < 4.78 is 0. The number of nitrogens with zero attached hydrogens (tertiary/aromatic N) is 1. The largest absolute Gasteiger partial charge is 0.372 e. The molecular weight excluding hydrogens is 264 g/mol. The van der Waals surface area contributed by atoms with Gasteiger partial charge in [0, 0.05) is 29.8 Å². The topological polar surface area (TPSA) is 29.3 Å². The van der Waals surface area contributed by atoms with Crippen molar-refractivity contribution in [3.8, 4) is 0 Å². The van der Waals surface area contributed by atoms with Crippen molar-refractivity contribution in [2.75, 3.05) is 24.0 Å². The molecule has 0 saturated heterocycles. The fourth-order valence-corrected chi connectivity index (χ4v) is 2.76. The molecule has 18 heavy (non-hydrogen) atoms. The second-order valence-corrected chi connectivity index (χ2v) is 6.13. The molecule has 0 spiro atoms. The van der Waals surface area contributed by atoms with Gasteiger partial charge in [0.15, 0.2) is 0 Å². The lowest BCUT2D eigenvalue weighted by molar-refractivity contribution is 0.669. The Morgan fingerprint density at radius 1 is 1.39 bits per heavy atom. The van der Waals surface area contributed by atoms with Crippen LogP contribution in [-0.2, 0) is 0 Å². The minimum absolute atomic E-state index is 0.0224. The Balaban J connectivity index is 2.80. The van der Waals surface area contributed by atoms with Crippen molar-refractivity contribution in [3.63, 3.8) is 0 Å². The number of benzene rings is 1. The van der Waals surface area contributed by atoms with Crippen molar-refractivity contribution >= 4 is 29.1 Å². The fraction of sp³-hybridized carbons (Fsp3) is 0.571. The highest BCUT2D eigenvalue weighted by atomic mass is 35.5. The molecule has 0 aromatic heterocycles. The zero-order valence-electron chi connectivity index (χ0n) is 11.6. The summed E-state index contributed by atoms with van der Waals surface area (Å²) in [5.74, 6) is 1.18. The summed E-state index contributed by atoms with van der Waals surface area (Å²) in [6, 6.07) is 6.62. The van der Waals surface area contributed by atoms with Crippen LogP contribution in [-0.4, -0.2) is 25.1 Å². The van der Waals surface area contributed by atoms with E-state index in [1.807, 2.05) is 30.8 Å². The highest BCUT2D eigenvalue weighted by molar-refractivity contribution is 7.98. The summed E-state index contributed by atoms with van der Waals surface area (Å²) >= 11 is 8.15. The lowest BCUT2D eigenvalue weighted by atomic mass is 10.1. The number of nitrogens with two attached hydrogens (primary N) is 1. The van der Waals surface area contributed by atoms with Crippen LogP contribution >= 0.6 is 23.4 Å². The molecule has 0 heterocycles. The molecule has 0 fully saturated rings. The standard InChI is InChI=1S/C14H23ClN2S/c1-10(7-8-18-4)17(3)12-5-6-13(11(2)16)14(15)9-12/h5-6,9-11H,7-8,16H2,1-4H3. The number of thioether (sulfide) groups is 1. The SMILES string of the molecule is CSCCC(C)N(C)c1ccc(C(C)N)c(Cl)c1. The lowest BCUT2D eigenvalue weighted by Crippen LogP contribution is -2.29. The van der Waals surface area contributed by atoms with Gasteiger partial charge in [-0.2, -0.15) is 11.8 Å². The number of anilines is 1. The molecule has 0 saturated carbocycles. The Kier molecular flexibility index (Phi) is 6.33. The van der Waals surface area contributed by atoms with Gasteiger partial charge in [0.2, 0.25) is 0 Å². The molecule has 1 aromatic carbocycles. The molecule has 0 radical (unpaired) electrons. The van der Waals surface area contributed by atoms with E-state index >= 15 is 0 Å². The minimum atomic E-state index is -0.0224. The van der Waals surface area contributed by atoms with E-state index < -0.39 is 0 Å². The van der Waals surface area contributed by atoms with Crippen molar-refractivity contribution < 1.29 is 0 Å². The molecule has 0 aliphatic carbocycles. The van der Waals surface area contributed by atoms with Crippen LogP contribution in [0.2, 0.25) is 5.02 Å². The van der Waals surface area contributed by atoms with Gasteiger partial charge in [0.1, 0.15) is 0 Å². The predicted octanol–water partition coefficient (Wildman–Crippen LogP) is 3.94. The van der Waals surface area contributed by atoms with Crippen LogP contribution in [0.1, 0.15) is 31.9 Å². The second-order valence-electron chi connectivity index (χ2n) is 4.74. The van der Waals surface area contributed by atoms with Gasteiger partial charge in [-0.3, -0.25) is 0 Å². The monoisotopic (exact) mass is 286 g/mol. The molecule has 1 aromatic rings. The summed E-state index contributed by atoms with van der Waals surface area (Å²) in [6.45, 7) is 4.19. The first-order valence-corrected chi connectivity index (χ1v) is 8.01. The molecule has 1 rings (SSSR count). The number of rotatable bonds is 6. The summed E-state index contributed by atoms with van der Waals surface area (Å²) in [7, 11) is 2.11. The Bertz CT molecular complexity index is 382. The highest BCUT2D eigenvalue weighted by Crippen LogP contribution is 2.27. The van der Waals surface area contributed by atoms with Crippen LogP contribution in [0.4, 0.5) is 5.69 Å². The van der Waals surface area contributed by atoms with E-state index in [2.05, 4.69) is 31.2 Å². The van der Waals surface area contributed by atoms with E-state index in [0.717, 1.165) is 16.3 Å². The average Bonchev–Trinajstić information content (AvgIpc) is 2.34. The molecule has 2 nitrogen and oxygen atoms in total. The van der Waals surface area contributed by atoms with Crippen molar-refractivity contribution in [1.29, 1.82) is 0 Å². The maximum Gasteiger partial charge on any atom is 0.0474 e. The van der Waals surface area contributed by atoms with Crippen LogP contribution in [0.5, 0.6) is 0 Å². The maximum atomic E-state index is 6.27. The smallest absolute Gasteiger partial charge is 0.0474 e. The van der Waals surface area contributed by atoms with Gasteiger partial charge in [-0.25, -0.2) is 0 Å². The summed E-state index contributed by atoms with van der Waals surface area (Å²) in [5, 5.41) is 0.756. The van der Waals surface area contributed by atoms with Crippen molar-refractivity contribution in [2.45, 2.75) is 32.4 Å². The molecular formula is C14H23ClN2S. The first-order chi connectivity index (χ1) is 8.47. The third-order valence-electron chi connectivity index (χ3n) is 3.28. The van der Waals surface area contributed by atoms with Gasteiger partial charge in [-0.05, 0) is 50.0 Å². The Morgan fingerprint density at radius 3 is 2.56 bits per heavy atom. The number of hydrogen-bond donors (Lipinski definition) is 1. The molecule has 0 aliphatic heterocycles. The van der Waals surface area contributed by atoms with Gasteiger partial charge in [-0.1, -0.05) is 17.7 Å². The van der Waals surface area contributed by atoms with Gasteiger partial charge in [0.05, 0.1) is 0 Å². The van der Waals surface area contributed by atoms with Crippen LogP contribution in [0.25, 0.3) is 0 Å². The van der Waals surface area contributed by atoms with Crippen molar-refractivity contribution in [2.24, 2.45) is 5.73 Å². The Hall–Kier alpha value is -0.380. The van der Waals surface area contributed by atoms with E-state index in [0.29, 0.717) is 6.04 Å². The summed E-state index contributed by atoms with van der Waals surface area (Å²) in [5.41, 5.74) is 8.02. The molecule has 0 aliphatic rings. The average molecular weight is 287 g/mol. The third kappa shape index (κ3) is 4.08. The van der Waals surface area contributed by atoms with Crippen LogP contribution < -0.4 is 10.6 Å². The molecule has 102 valence electrons. The predicted molar refractivity (Wildman–Crippen MR) is 84.9 cm³/mol. The first kappa shape index (κ1) is 15.7. The van der Waals surface area contributed by atoms with Gasteiger partial charge in [0.25, 0.3) is 0 Å². The highest BCUT2D eigenvalue weighted by Gasteiger charge is 2.12. The first-order valence-electron chi connectivity index (χ1n) is 6.24. The van der Waals surface area contributed by atoms with Crippen molar-refractivity contribution in [3.05, 3.63) is 28.8 Å². The number of hydrogen-bond acceptors (Lipinski definition) is 3. The second kappa shape index (κ2) is 7.27. The van der Waals surface area contributed by atoms with E-state index in [9.17, 15) is 0 Å². The molecule has 2 N–H and O–H groups in total. The third-order valence-corrected chi connectivity index (χ3v) is 4.25. The lowest BCUT2D eigenvalue weighted by Gasteiger charge is -2.27. The van der Waals surface area contributed by atoms with Crippen molar-refractivity contribution in [1.82, 2.24) is 0 Å². The molecule has 2 unspecified atom stereocenters. The molecule has 0 bridgehead atoms. The van der Waals surface area contributed by atoms with Crippen LogP contribution in [0.15, 0.2) is 18.2 Å². The van der Waals surface area contributed by atoms with Gasteiger partial charge >= 0.3 is 0 Å². The van der Waals surface area contributed by atoms with E-state index in [4.69, 9.17) is 17.3 Å². The quantitative estimate of drug-likeness (QED) is 0.859. The number of halogens is 1. The summed E-state index contributed by atoms with van der Waals surface area (Å²) in [4.78, 5) is 2.27. The van der Waals surface area contributed by atoms with Gasteiger partial charge in [-0.15, -0.1) is 0 Å². The van der Waals surface area contributed by atoms with E-state index in [-0.39, 0.29) is 6.04 Å². The molecule has 4 heteroatoms. The van der Waals surface area contributed by atoms with E-state index in [1.54, 1.807) is 0 Å². The Morgan fingerprint density at radius 2 is 2.06 bits per heavy atom. The van der Waals surface area contributed by atoms with E-state index in [1.165, 1.54) is 12.2 Å². The zero-order valence-corrected chi connectivity index (χ0v) is 13.2. The normalized spacial score (nSPS) is 14.3. The Labute approximate surface area is 120 Å². The minimum Gasteiger partial charge on any atom is -0.372 e. The fourth-order valence-electron chi connectivity index (χ4n) is 1.84. The summed E-state index contributed by atoms with van der Waals surface area (Å²) in [6.07, 6.45) is 3.31.